The molecular formula is C22H25N3O4. The lowest BCUT2D eigenvalue weighted by Gasteiger charge is -2.17. The number of hydrogen-bond acceptors (Lipinski definition) is 4. The fourth-order valence-electron chi connectivity index (χ4n) is 3.54. The van der Waals surface area contributed by atoms with Crippen molar-refractivity contribution in [3.8, 4) is 5.75 Å². The van der Waals surface area contributed by atoms with E-state index in [-0.39, 0.29) is 11.9 Å². The van der Waals surface area contributed by atoms with Crippen LogP contribution in [-0.2, 0) is 11.3 Å². The van der Waals surface area contributed by atoms with Gasteiger partial charge in [0.15, 0.2) is 6.61 Å². The van der Waals surface area contributed by atoms with Crippen LogP contribution in [0, 0.1) is 13.8 Å². The number of fused-ring (bicyclic) bond motifs is 1. The van der Waals surface area contributed by atoms with E-state index < -0.39 is 12.6 Å². The van der Waals surface area contributed by atoms with Crippen molar-refractivity contribution in [1.82, 2.24) is 14.9 Å². The number of nitrogens with one attached hydrogen (secondary N) is 1. The molecule has 0 spiro atoms. The fourth-order valence-corrected chi connectivity index (χ4v) is 3.54. The fraction of sp³-hybridized carbons (Fsp3) is 0.318. The molecule has 152 valence electrons. The number of aryl methyl sites for hydroxylation is 3. The highest BCUT2D eigenvalue weighted by Gasteiger charge is 2.19. The maximum Gasteiger partial charge on any atom is 0.341 e. The second-order valence-electron chi connectivity index (χ2n) is 7.02. The molecule has 0 aliphatic carbocycles. The van der Waals surface area contributed by atoms with Crippen LogP contribution >= 0.6 is 0 Å². The Bertz CT molecular complexity index is 1050. The number of ether oxygens (including phenoxy) is 1. The number of rotatable bonds is 7. The van der Waals surface area contributed by atoms with Gasteiger partial charge in [-0.15, -0.1) is 0 Å². The van der Waals surface area contributed by atoms with Gasteiger partial charge < -0.3 is 19.7 Å². The van der Waals surface area contributed by atoms with Crippen LogP contribution < -0.4 is 10.1 Å². The molecule has 3 aromatic rings. The van der Waals surface area contributed by atoms with E-state index in [4.69, 9.17) is 14.8 Å². The number of benzene rings is 2. The van der Waals surface area contributed by atoms with E-state index in [1.807, 2.05) is 31.2 Å². The molecule has 1 aromatic heterocycles. The van der Waals surface area contributed by atoms with Crippen LogP contribution in [-0.4, -0.2) is 33.1 Å². The number of carbonyl (C=O) groups is 2. The van der Waals surface area contributed by atoms with Gasteiger partial charge in [0.25, 0.3) is 5.91 Å². The Balaban J connectivity index is 1.82. The van der Waals surface area contributed by atoms with Gasteiger partial charge in [0.05, 0.1) is 17.1 Å². The maximum atomic E-state index is 12.8. The first-order valence-electron chi connectivity index (χ1n) is 9.53. The van der Waals surface area contributed by atoms with Gasteiger partial charge in [-0.05, 0) is 63.1 Å². The van der Waals surface area contributed by atoms with Gasteiger partial charge in [-0.3, -0.25) is 4.79 Å². The lowest BCUT2D eigenvalue weighted by Crippen LogP contribution is -2.29. The summed E-state index contributed by atoms with van der Waals surface area (Å²) in [6.45, 7) is 7.88. The van der Waals surface area contributed by atoms with Gasteiger partial charge in [-0.25, -0.2) is 9.78 Å². The summed E-state index contributed by atoms with van der Waals surface area (Å²) in [4.78, 5) is 28.3. The first kappa shape index (κ1) is 20.4. The Kier molecular flexibility index (Phi) is 5.87. The second kappa shape index (κ2) is 8.34. The lowest BCUT2D eigenvalue weighted by atomic mass is 10.0. The predicted octanol–water partition coefficient (Wildman–Crippen LogP) is 3.63. The zero-order valence-electron chi connectivity index (χ0n) is 17.0. The van der Waals surface area contributed by atoms with Crippen LogP contribution in [0.2, 0.25) is 0 Å². The van der Waals surface area contributed by atoms with Crippen LogP contribution in [0.1, 0.15) is 47.2 Å². The Hall–Kier alpha value is -3.35. The molecule has 0 aliphatic heterocycles. The minimum atomic E-state index is -1.04. The van der Waals surface area contributed by atoms with E-state index in [1.54, 1.807) is 26.0 Å². The quantitative estimate of drug-likeness (QED) is 0.637. The standard InChI is InChI=1S/C22H25N3O4/c1-5-25-18-9-7-6-8-17(18)24-21(25)15(4)23-22(28)16-10-13(2)20(14(3)11-16)29-12-19(26)27/h6-11,15H,5,12H2,1-4H3,(H,23,28)(H,26,27). The molecule has 0 fully saturated rings. The molecular weight excluding hydrogens is 370 g/mol. The van der Waals surface area contributed by atoms with Crippen molar-refractivity contribution in [2.24, 2.45) is 0 Å². The predicted molar refractivity (Wildman–Crippen MR) is 110 cm³/mol. The largest absolute Gasteiger partial charge is 0.481 e. The number of hydrogen-bond donors (Lipinski definition) is 2. The minimum Gasteiger partial charge on any atom is -0.481 e. The number of nitrogens with zero attached hydrogens (tertiary/aromatic N) is 2. The number of aromatic nitrogens is 2. The summed E-state index contributed by atoms with van der Waals surface area (Å²) in [6, 6.07) is 11.0. The molecule has 0 bridgehead atoms. The summed E-state index contributed by atoms with van der Waals surface area (Å²) in [5.41, 5.74) is 3.86. The zero-order chi connectivity index (χ0) is 21.1. The number of imidazole rings is 1. The summed E-state index contributed by atoms with van der Waals surface area (Å²) in [6.07, 6.45) is 0. The molecule has 0 saturated heterocycles. The average molecular weight is 395 g/mol. The van der Waals surface area contributed by atoms with Gasteiger partial charge in [0.2, 0.25) is 0 Å². The van der Waals surface area contributed by atoms with Crippen molar-refractivity contribution < 1.29 is 19.4 Å². The van der Waals surface area contributed by atoms with E-state index >= 15 is 0 Å². The number of para-hydroxylation sites is 2. The molecule has 29 heavy (non-hydrogen) atoms. The number of carboxylic acid groups (broad SMARTS) is 1. The molecule has 3 rings (SSSR count). The minimum absolute atomic E-state index is 0.219. The number of aliphatic carboxylic acids is 1. The second-order valence-corrected chi connectivity index (χ2v) is 7.02. The van der Waals surface area contributed by atoms with E-state index in [2.05, 4.69) is 16.8 Å². The van der Waals surface area contributed by atoms with Crippen LogP contribution in [0.3, 0.4) is 0 Å². The molecule has 1 amide bonds. The molecule has 2 N–H and O–H groups in total. The zero-order valence-corrected chi connectivity index (χ0v) is 17.0. The maximum absolute atomic E-state index is 12.8. The highest BCUT2D eigenvalue weighted by atomic mass is 16.5. The monoisotopic (exact) mass is 395 g/mol. The first-order chi connectivity index (χ1) is 13.8. The van der Waals surface area contributed by atoms with E-state index in [0.29, 0.717) is 22.4 Å². The lowest BCUT2D eigenvalue weighted by molar-refractivity contribution is -0.139. The van der Waals surface area contributed by atoms with Crippen molar-refractivity contribution in [3.63, 3.8) is 0 Å². The number of carboxylic acids is 1. The number of carbonyl (C=O) groups excluding carboxylic acids is 1. The van der Waals surface area contributed by atoms with Gasteiger partial charge in [0, 0.05) is 12.1 Å². The Morgan fingerprint density at radius 3 is 2.48 bits per heavy atom. The summed E-state index contributed by atoms with van der Waals surface area (Å²) in [7, 11) is 0. The Labute approximate surface area is 169 Å². The third-order valence-electron chi connectivity index (χ3n) is 4.80. The normalized spacial score (nSPS) is 12.0. The van der Waals surface area contributed by atoms with Crippen molar-refractivity contribution in [2.45, 2.75) is 40.3 Å². The van der Waals surface area contributed by atoms with E-state index in [9.17, 15) is 9.59 Å². The SMILES string of the molecule is CCn1c(C(C)NC(=O)c2cc(C)c(OCC(=O)O)c(C)c2)nc2ccccc21. The summed E-state index contributed by atoms with van der Waals surface area (Å²) < 4.78 is 7.43. The van der Waals surface area contributed by atoms with E-state index in [1.165, 1.54) is 0 Å². The summed E-state index contributed by atoms with van der Waals surface area (Å²) in [5.74, 6) is 0.0307. The van der Waals surface area contributed by atoms with Crippen LogP contribution in [0.5, 0.6) is 5.75 Å². The van der Waals surface area contributed by atoms with Gasteiger partial charge in [0.1, 0.15) is 11.6 Å². The highest BCUT2D eigenvalue weighted by Crippen LogP contribution is 2.26. The first-order valence-corrected chi connectivity index (χ1v) is 9.53. The average Bonchev–Trinajstić information content (AvgIpc) is 3.05. The molecule has 1 heterocycles. The molecule has 0 radical (unpaired) electrons. The van der Waals surface area contributed by atoms with Crippen LogP contribution in [0.15, 0.2) is 36.4 Å². The van der Waals surface area contributed by atoms with Gasteiger partial charge >= 0.3 is 5.97 Å². The molecule has 0 aliphatic rings. The van der Waals surface area contributed by atoms with Crippen molar-refractivity contribution in [3.05, 3.63) is 58.9 Å². The Morgan fingerprint density at radius 2 is 1.86 bits per heavy atom. The molecule has 2 aromatic carbocycles. The third kappa shape index (κ3) is 4.23. The summed E-state index contributed by atoms with van der Waals surface area (Å²) in [5, 5.41) is 11.8. The molecule has 1 unspecified atom stereocenters. The smallest absolute Gasteiger partial charge is 0.341 e. The molecule has 7 heteroatoms. The third-order valence-corrected chi connectivity index (χ3v) is 4.80. The van der Waals surface area contributed by atoms with Crippen LogP contribution in [0.25, 0.3) is 11.0 Å². The Morgan fingerprint density at radius 1 is 1.21 bits per heavy atom. The van der Waals surface area contributed by atoms with Crippen molar-refractivity contribution >= 4 is 22.9 Å². The molecule has 1 atom stereocenters. The van der Waals surface area contributed by atoms with Crippen molar-refractivity contribution in [2.75, 3.05) is 6.61 Å². The van der Waals surface area contributed by atoms with Gasteiger partial charge in [-0.1, -0.05) is 12.1 Å². The number of amides is 1. The van der Waals surface area contributed by atoms with Crippen molar-refractivity contribution in [1.29, 1.82) is 0 Å². The topological polar surface area (TPSA) is 93.5 Å². The molecule has 7 nitrogen and oxygen atoms in total. The summed E-state index contributed by atoms with van der Waals surface area (Å²) >= 11 is 0. The highest BCUT2D eigenvalue weighted by molar-refractivity contribution is 5.95. The van der Waals surface area contributed by atoms with Gasteiger partial charge in [-0.2, -0.15) is 0 Å². The van der Waals surface area contributed by atoms with Crippen LogP contribution in [0.4, 0.5) is 0 Å². The molecule has 0 saturated carbocycles. The van der Waals surface area contributed by atoms with E-state index in [0.717, 1.165) is 23.4 Å².